The van der Waals surface area contributed by atoms with Crippen molar-refractivity contribution in [2.24, 2.45) is 0 Å². The molecule has 7 nitrogen and oxygen atoms in total. The van der Waals surface area contributed by atoms with Crippen LogP contribution in [0.25, 0.3) is 0 Å². The van der Waals surface area contributed by atoms with Gasteiger partial charge in [0.25, 0.3) is 0 Å². The molecule has 0 aromatic carbocycles. The van der Waals surface area contributed by atoms with E-state index in [1.54, 1.807) is 17.1 Å². The van der Waals surface area contributed by atoms with Crippen molar-refractivity contribution in [1.82, 2.24) is 20.1 Å². The fourth-order valence-corrected chi connectivity index (χ4v) is 3.13. The van der Waals surface area contributed by atoms with Gasteiger partial charge in [0.05, 0.1) is 18.8 Å². The van der Waals surface area contributed by atoms with E-state index in [4.69, 9.17) is 9.47 Å². The van der Waals surface area contributed by atoms with Crippen molar-refractivity contribution in [1.29, 1.82) is 0 Å². The lowest BCUT2D eigenvalue weighted by molar-refractivity contribution is -0.168. The molecule has 0 unspecified atom stereocenters. The predicted octanol–water partition coefficient (Wildman–Crippen LogP) is 0.0936. The molecule has 2 bridgehead atoms. The number of fused-ring (bicyclic) bond motifs is 2. The third kappa shape index (κ3) is 2.42. The van der Waals surface area contributed by atoms with Gasteiger partial charge in [-0.1, -0.05) is 6.07 Å². The summed E-state index contributed by atoms with van der Waals surface area (Å²) in [6, 6.07) is 5.15. The maximum absolute atomic E-state index is 10.8. The van der Waals surface area contributed by atoms with Crippen LogP contribution in [0.5, 0.6) is 0 Å². The molecular weight excluding hydrogens is 284 g/mol. The van der Waals surface area contributed by atoms with Crippen LogP contribution in [-0.4, -0.2) is 51.0 Å². The molecule has 2 fully saturated rings. The maximum atomic E-state index is 10.8. The highest BCUT2D eigenvalue weighted by molar-refractivity contribution is 5.09. The first-order chi connectivity index (χ1) is 10.8. The lowest BCUT2D eigenvalue weighted by Gasteiger charge is -2.38. The Balaban J connectivity index is 1.51. The zero-order chi connectivity index (χ0) is 14.9. The van der Waals surface area contributed by atoms with Crippen molar-refractivity contribution in [3.8, 4) is 0 Å². The summed E-state index contributed by atoms with van der Waals surface area (Å²) in [6.07, 6.45) is 5.82. The second-order valence-electron chi connectivity index (χ2n) is 5.61. The maximum Gasteiger partial charge on any atom is 0.183 e. The molecule has 2 N–H and O–H groups in total. The van der Waals surface area contributed by atoms with Gasteiger partial charge >= 0.3 is 0 Å². The van der Waals surface area contributed by atoms with Gasteiger partial charge in [-0.25, -0.2) is 0 Å². The Labute approximate surface area is 127 Å². The lowest BCUT2D eigenvalue weighted by Crippen LogP contribution is -2.57. The average molecular weight is 302 g/mol. The molecule has 5 atom stereocenters. The molecule has 0 amide bonds. The highest BCUT2D eigenvalue weighted by Gasteiger charge is 2.50. The average Bonchev–Trinajstić information content (AvgIpc) is 3.20. The Morgan fingerprint density at radius 3 is 3.09 bits per heavy atom. The Bertz CT molecular complexity index is 607. The number of nitrogens with zero attached hydrogens (tertiary/aromatic N) is 3. The molecule has 0 radical (unpaired) electrons. The first-order valence-electron chi connectivity index (χ1n) is 7.39. The van der Waals surface area contributed by atoms with Crippen LogP contribution in [0.1, 0.15) is 11.6 Å². The molecule has 4 heterocycles. The molecule has 2 aliphatic rings. The highest BCUT2D eigenvalue weighted by atomic mass is 16.7. The summed E-state index contributed by atoms with van der Waals surface area (Å²) < 4.78 is 13.3. The van der Waals surface area contributed by atoms with E-state index < -0.39 is 12.4 Å². The standard InChI is InChI=1S/C15H18N4O3/c20-14-12(17-8-10-3-1-4-16-7-10)11-9-21-15(22-11)13(14)19-6-2-5-18-19/h1-7,11-15,17,20H,8-9H2/t11-,12-,13-,14+,15-/m1/s1. The number of aliphatic hydroxyl groups is 1. The van der Waals surface area contributed by atoms with Gasteiger partial charge < -0.3 is 19.9 Å². The van der Waals surface area contributed by atoms with Crippen LogP contribution >= 0.6 is 0 Å². The zero-order valence-electron chi connectivity index (χ0n) is 11.9. The number of hydrogen-bond donors (Lipinski definition) is 2. The molecule has 0 saturated carbocycles. The van der Waals surface area contributed by atoms with Crippen LogP contribution < -0.4 is 5.32 Å². The Morgan fingerprint density at radius 1 is 1.36 bits per heavy atom. The molecule has 2 aromatic rings. The fourth-order valence-electron chi connectivity index (χ4n) is 3.13. The molecular formula is C15H18N4O3. The Hall–Kier alpha value is -1.80. The third-order valence-corrected chi connectivity index (χ3v) is 4.23. The minimum Gasteiger partial charge on any atom is -0.389 e. The molecule has 4 rings (SSSR count). The van der Waals surface area contributed by atoms with E-state index in [-0.39, 0.29) is 18.2 Å². The second kappa shape index (κ2) is 5.77. The van der Waals surface area contributed by atoms with E-state index >= 15 is 0 Å². The minimum absolute atomic E-state index is 0.150. The van der Waals surface area contributed by atoms with Crippen molar-refractivity contribution in [3.63, 3.8) is 0 Å². The van der Waals surface area contributed by atoms with E-state index in [0.29, 0.717) is 13.2 Å². The van der Waals surface area contributed by atoms with Crippen molar-refractivity contribution in [2.75, 3.05) is 6.61 Å². The van der Waals surface area contributed by atoms with E-state index in [1.807, 2.05) is 30.6 Å². The predicted molar refractivity (Wildman–Crippen MR) is 76.7 cm³/mol. The molecule has 0 spiro atoms. The van der Waals surface area contributed by atoms with E-state index in [1.165, 1.54) is 0 Å². The fraction of sp³-hybridized carbons (Fsp3) is 0.467. The smallest absolute Gasteiger partial charge is 0.183 e. The highest BCUT2D eigenvalue weighted by Crippen LogP contribution is 2.35. The van der Waals surface area contributed by atoms with E-state index in [9.17, 15) is 5.11 Å². The quantitative estimate of drug-likeness (QED) is 0.833. The van der Waals surface area contributed by atoms with Crippen LogP contribution in [0.2, 0.25) is 0 Å². The molecule has 2 saturated heterocycles. The Kier molecular flexibility index (Phi) is 3.63. The van der Waals surface area contributed by atoms with Crippen LogP contribution in [0.3, 0.4) is 0 Å². The summed E-state index contributed by atoms with van der Waals surface area (Å²) in [5.74, 6) is 0. The third-order valence-electron chi connectivity index (χ3n) is 4.23. The summed E-state index contributed by atoms with van der Waals surface area (Å²) in [6.45, 7) is 1.09. The molecule has 7 heteroatoms. The molecule has 22 heavy (non-hydrogen) atoms. The van der Waals surface area contributed by atoms with Crippen LogP contribution in [0, 0.1) is 0 Å². The van der Waals surface area contributed by atoms with Crippen molar-refractivity contribution < 1.29 is 14.6 Å². The monoisotopic (exact) mass is 302 g/mol. The first kappa shape index (κ1) is 13.8. The van der Waals surface area contributed by atoms with Crippen LogP contribution in [0.15, 0.2) is 43.0 Å². The van der Waals surface area contributed by atoms with E-state index in [2.05, 4.69) is 15.4 Å². The van der Waals surface area contributed by atoms with Gasteiger partial charge in [0.1, 0.15) is 12.1 Å². The van der Waals surface area contributed by atoms with Gasteiger partial charge in [-0.2, -0.15) is 5.10 Å². The second-order valence-corrected chi connectivity index (χ2v) is 5.61. The number of aliphatic hydroxyl groups excluding tert-OH is 1. The van der Waals surface area contributed by atoms with Crippen molar-refractivity contribution in [2.45, 2.75) is 37.1 Å². The summed E-state index contributed by atoms with van der Waals surface area (Å²) in [7, 11) is 0. The van der Waals surface area contributed by atoms with Crippen LogP contribution in [-0.2, 0) is 16.0 Å². The molecule has 116 valence electrons. The van der Waals surface area contributed by atoms with Gasteiger partial charge in [0.15, 0.2) is 6.29 Å². The molecule has 0 aliphatic carbocycles. The minimum atomic E-state index is -0.636. The van der Waals surface area contributed by atoms with Crippen molar-refractivity contribution >= 4 is 0 Å². The van der Waals surface area contributed by atoms with Crippen molar-refractivity contribution in [3.05, 3.63) is 48.5 Å². The number of ether oxygens (including phenoxy) is 2. The zero-order valence-corrected chi connectivity index (χ0v) is 11.9. The first-order valence-corrected chi connectivity index (χ1v) is 7.39. The summed E-state index contributed by atoms with van der Waals surface area (Å²) in [4.78, 5) is 4.10. The summed E-state index contributed by atoms with van der Waals surface area (Å²) in [5.41, 5.74) is 1.06. The number of nitrogens with one attached hydrogen (secondary N) is 1. The SMILES string of the molecule is O[C@H]1[C@H](NCc2cccnc2)[C@H]2CO[C@H](O2)[C@@H]1n1cccn1. The number of aromatic nitrogens is 3. The van der Waals surface area contributed by atoms with Gasteiger partial charge in [-0.3, -0.25) is 9.67 Å². The van der Waals surface area contributed by atoms with Gasteiger partial charge in [0.2, 0.25) is 0 Å². The van der Waals surface area contributed by atoms with Gasteiger partial charge in [-0.05, 0) is 17.7 Å². The largest absolute Gasteiger partial charge is 0.389 e. The topological polar surface area (TPSA) is 81.4 Å². The van der Waals surface area contributed by atoms with E-state index in [0.717, 1.165) is 5.56 Å². The number of rotatable bonds is 4. The van der Waals surface area contributed by atoms with Crippen LogP contribution in [0.4, 0.5) is 0 Å². The number of pyridine rings is 1. The molecule has 2 aliphatic heterocycles. The molecule has 2 aromatic heterocycles. The lowest BCUT2D eigenvalue weighted by atomic mass is 9.96. The number of hydrogen-bond acceptors (Lipinski definition) is 6. The van der Waals surface area contributed by atoms with Gasteiger partial charge in [0, 0.05) is 31.3 Å². The van der Waals surface area contributed by atoms with Gasteiger partial charge in [-0.15, -0.1) is 0 Å². The Morgan fingerprint density at radius 2 is 2.32 bits per heavy atom. The summed E-state index contributed by atoms with van der Waals surface area (Å²) >= 11 is 0. The summed E-state index contributed by atoms with van der Waals surface area (Å²) in [5, 5.41) is 18.4. The normalized spacial score (nSPS) is 34.0.